The van der Waals surface area contributed by atoms with E-state index in [0.29, 0.717) is 0 Å². The van der Waals surface area contributed by atoms with Crippen LogP contribution in [0.4, 0.5) is 5.69 Å². The van der Waals surface area contributed by atoms with Crippen LogP contribution in [0, 0.1) is 0 Å². The fraction of sp³-hybridized carbons (Fsp3) is 0.455. The summed E-state index contributed by atoms with van der Waals surface area (Å²) < 4.78 is 52.9. The zero-order valence-corrected chi connectivity index (χ0v) is 13.9. The first-order valence-corrected chi connectivity index (χ1v) is 9.33. The highest BCUT2D eigenvalue weighted by molar-refractivity contribution is 8.13. The van der Waals surface area contributed by atoms with Gasteiger partial charge in [-0.25, -0.2) is 16.8 Å². The fourth-order valence-corrected chi connectivity index (χ4v) is 2.98. The highest BCUT2D eigenvalue weighted by atomic mass is 35.7. The standard InChI is InChI=1S/C11H16ClNO5S2/c1-11(2,3)20(16,17)13-8-5-6-10(19(12,14)15)9(7-8)18-4/h5-7,13H,1-4H3. The summed E-state index contributed by atoms with van der Waals surface area (Å²) in [6.07, 6.45) is 0. The summed E-state index contributed by atoms with van der Waals surface area (Å²) in [6, 6.07) is 3.75. The van der Waals surface area contributed by atoms with Crippen LogP contribution >= 0.6 is 10.7 Å². The SMILES string of the molecule is COc1cc(NS(=O)(=O)C(C)(C)C)ccc1S(=O)(=O)Cl. The van der Waals surface area contributed by atoms with E-state index in [-0.39, 0.29) is 16.3 Å². The molecule has 0 amide bonds. The Hall–Kier alpha value is -0.990. The lowest BCUT2D eigenvalue weighted by atomic mass is 10.3. The van der Waals surface area contributed by atoms with Gasteiger partial charge < -0.3 is 4.74 Å². The minimum atomic E-state index is -3.96. The molecule has 0 bridgehead atoms. The smallest absolute Gasteiger partial charge is 0.264 e. The van der Waals surface area contributed by atoms with Crippen LogP contribution in [0.2, 0.25) is 0 Å². The molecular formula is C11H16ClNO5S2. The zero-order chi connectivity index (χ0) is 15.8. The van der Waals surface area contributed by atoms with Crippen LogP contribution in [-0.2, 0) is 19.1 Å². The first kappa shape index (κ1) is 17.1. The maximum Gasteiger partial charge on any atom is 0.264 e. The quantitative estimate of drug-likeness (QED) is 0.847. The van der Waals surface area contributed by atoms with Crippen molar-refractivity contribution in [2.45, 2.75) is 30.4 Å². The molecule has 0 spiro atoms. The Morgan fingerprint density at radius 1 is 1.15 bits per heavy atom. The molecule has 114 valence electrons. The van der Waals surface area contributed by atoms with E-state index in [1.165, 1.54) is 25.3 Å². The molecule has 9 heteroatoms. The minimum absolute atomic E-state index is 0.0332. The second-order valence-electron chi connectivity index (χ2n) is 5.02. The van der Waals surface area contributed by atoms with Crippen LogP contribution in [0.1, 0.15) is 20.8 Å². The van der Waals surface area contributed by atoms with Gasteiger partial charge in [-0.2, -0.15) is 0 Å². The Labute approximate surface area is 123 Å². The number of hydrogen-bond acceptors (Lipinski definition) is 5. The molecule has 0 aromatic heterocycles. The highest BCUT2D eigenvalue weighted by Crippen LogP contribution is 2.31. The van der Waals surface area contributed by atoms with Gasteiger partial charge in [0.1, 0.15) is 10.6 Å². The van der Waals surface area contributed by atoms with Crippen molar-refractivity contribution >= 4 is 35.4 Å². The maximum absolute atomic E-state index is 12.0. The van der Waals surface area contributed by atoms with Gasteiger partial charge in [0.05, 0.1) is 17.5 Å². The molecule has 0 aliphatic rings. The number of hydrogen-bond donors (Lipinski definition) is 1. The van der Waals surface area contributed by atoms with E-state index in [0.717, 1.165) is 0 Å². The number of methoxy groups -OCH3 is 1. The molecule has 0 saturated heterocycles. The predicted molar refractivity (Wildman–Crippen MR) is 78.3 cm³/mol. The number of benzene rings is 1. The van der Waals surface area contributed by atoms with E-state index in [2.05, 4.69) is 4.72 Å². The summed E-state index contributed by atoms with van der Waals surface area (Å²) in [6.45, 7) is 4.64. The number of sulfonamides is 1. The van der Waals surface area contributed by atoms with Gasteiger partial charge in [0.25, 0.3) is 9.05 Å². The van der Waals surface area contributed by atoms with E-state index in [4.69, 9.17) is 15.4 Å². The Balaban J connectivity index is 3.26. The molecule has 0 saturated carbocycles. The highest BCUT2D eigenvalue weighted by Gasteiger charge is 2.29. The van der Waals surface area contributed by atoms with Crippen LogP contribution in [0.15, 0.2) is 23.1 Å². The molecule has 1 N–H and O–H groups in total. The number of rotatable bonds is 4. The Kier molecular flexibility index (Phi) is 4.62. The molecular weight excluding hydrogens is 326 g/mol. The summed E-state index contributed by atoms with van der Waals surface area (Å²) in [5, 5.41) is 0. The summed E-state index contributed by atoms with van der Waals surface area (Å²) >= 11 is 0. The van der Waals surface area contributed by atoms with Crippen molar-refractivity contribution in [2.24, 2.45) is 0 Å². The van der Waals surface area contributed by atoms with Crippen molar-refractivity contribution < 1.29 is 21.6 Å². The molecule has 20 heavy (non-hydrogen) atoms. The van der Waals surface area contributed by atoms with Gasteiger partial charge >= 0.3 is 0 Å². The minimum Gasteiger partial charge on any atom is -0.495 e. The normalized spacial score (nSPS) is 13.1. The van der Waals surface area contributed by atoms with E-state index in [9.17, 15) is 16.8 Å². The summed E-state index contributed by atoms with van der Waals surface area (Å²) in [5.74, 6) is -0.0332. The third-order valence-corrected chi connectivity index (χ3v) is 5.96. The van der Waals surface area contributed by atoms with Crippen LogP contribution in [0.25, 0.3) is 0 Å². The Bertz CT molecular complexity index is 705. The fourth-order valence-electron chi connectivity index (χ4n) is 1.24. The molecule has 0 heterocycles. The molecule has 0 atom stereocenters. The molecule has 0 aliphatic heterocycles. The lowest BCUT2D eigenvalue weighted by molar-refractivity contribution is 0.403. The summed E-state index contributed by atoms with van der Waals surface area (Å²) in [5.41, 5.74) is 0.195. The second-order valence-corrected chi connectivity index (χ2v) is 9.99. The number of anilines is 1. The third kappa shape index (κ3) is 3.77. The average molecular weight is 342 g/mol. The second kappa shape index (κ2) is 5.42. The topological polar surface area (TPSA) is 89.5 Å². The lowest BCUT2D eigenvalue weighted by Gasteiger charge is -2.20. The van der Waals surface area contributed by atoms with E-state index >= 15 is 0 Å². The molecule has 1 aromatic carbocycles. The van der Waals surface area contributed by atoms with Crippen molar-refractivity contribution in [3.63, 3.8) is 0 Å². The maximum atomic E-state index is 12.0. The largest absolute Gasteiger partial charge is 0.495 e. The van der Waals surface area contributed by atoms with Gasteiger partial charge in [-0.3, -0.25) is 4.72 Å². The lowest BCUT2D eigenvalue weighted by Crippen LogP contribution is -2.33. The summed E-state index contributed by atoms with van der Waals surface area (Å²) in [4.78, 5) is -0.222. The first-order valence-electron chi connectivity index (χ1n) is 5.53. The molecule has 0 unspecified atom stereocenters. The Morgan fingerprint density at radius 3 is 2.10 bits per heavy atom. The average Bonchev–Trinajstić information content (AvgIpc) is 2.25. The predicted octanol–water partition coefficient (Wildman–Crippen LogP) is 2.16. The van der Waals surface area contributed by atoms with Crippen molar-refractivity contribution in [1.82, 2.24) is 0 Å². The van der Waals surface area contributed by atoms with Gasteiger partial charge in [0.2, 0.25) is 10.0 Å². The monoisotopic (exact) mass is 341 g/mol. The third-order valence-electron chi connectivity index (χ3n) is 2.48. The van der Waals surface area contributed by atoms with Crippen molar-refractivity contribution in [3.8, 4) is 5.75 Å². The summed E-state index contributed by atoms with van der Waals surface area (Å²) in [7, 11) is -1.06. The van der Waals surface area contributed by atoms with Gasteiger partial charge in [-0.05, 0) is 32.9 Å². The number of nitrogens with one attached hydrogen (secondary N) is 1. The molecule has 0 fully saturated rings. The van der Waals surface area contributed by atoms with Crippen LogP contribution < -0.4 is 9.46 Å². The van der Waals surface area contributed by atoms with Gasteiger partial charge in [-0.1, -0.05) is 0 Å². The van der Waals surface area contributed by atoms with Crippen LogP contribution in [0.3, 0.4) is 0 Å². The van der Waals surface area contributed by atoms with Crippen molar-refractivity contribution in [3.05, 3.63) is 18.2 Å². The molecule has 6 nitrogen and oxygen atoms in total. The number of ether oxygens (including phenoxy) is 1. The molecule has 1 rings (SSSR count). The van der Waals surface area contributed by atoms with Gasteiger partial charge in [-0.15, -0.1) is 0 Å². The Morgan fingerprint density at radius 2 is 1.70 bits per heavy atom. The molecule has 0 radical (unpaired) electrons. The molecule has 1 aromatic rings. The van der Waals surface area contributed by atoms with Crippen molar-refractivity contribution in [2.75, 3.05) is 11.8 Å². The molecule has 0 aliphatic carbocycles. The van der Waals surface area contributed by atoms with Gasteiger partial charge in [0, 0.05) is 16.7 Å². The van der Waals surface area contributed by atoms with Gasteiger partial charge in [0.15, 0.2) is 0 Å². The van der Waals surface area contributed by atoms with Crippen LogP contribution in [0.5, 0.6) is 5.75 Å². The van der Waals surface area contributed by atoms with Crippen molar-refractivity contribution in [1.29, 1.82) is 0 Å². The van der Waals surface area contributed by atoms with E-state index < -0.39 is 23.8 Å². The van der Waals surface area contributed by atoms with Crippen LogP contribution in [-0.4, -0.2) is 28.7 Å². The van der Waals surface area contributed by atoms with E-state index in [1.54, 1.807) is 20.8 Å². The zero-order valence-electron chi connectivity index (χ0n) is 11.5. The first-order chi connectivity index (χ1) is 8.88. The van der Waals surface area contributed by atoms with E-state index in [1.807, 2.05) is 0 Å². The number of halogens is 1.